The van der Waals surface area contributed by atoms with Crippen molar-refractivity contribution in [2.24, 2.45) is 0 Å². The van der Waals surface area contributed by atoms with Gasteiger partial charge in [0.2, 0.25) is 0 Å². The highest BCUT2D eigenvalue weighted by Gasteiger charge is 2.23. The average molecular weight is 244 g/mol. The lowest BCUT2D eigenvalue weighted by Crippen LogP contribution is -2.37. The van der Waals surface area contributed by atoms with Crippen molar-refractivity contribution in [3.63, 3.8) is 0 Å². The number of amides is 1. The average Bonchev–Trinajstić information content (AvgIpc) is 2.34. The maximum atomic E-state index is 12.4. The molecule has 0 unspecified atom stereocenters. The van der Waals surface area contributed by atoms with Crippen LogP contribution in [0.5, 0.6) is 0 Å². The van der Waals surface area contributed by atoms with Gasteiger partial charge in [-0.05, 0) is 12.1 Å². The monoisotopic (exact) mass is 244 g/mol. The van der Waals surface area contributed by atoms with Crippen molar-refractivity contribution in [1.29, 1.82) is 0 Å². The fourth-order valence-corrected chi connectivity index (χ4v) is 1.29. The number of halogens is 2. The summed E-state index contributed by atoms with van der Waals surface area (Å²) in [5.41, 5.74) is 0.567. The molecular weight excluding hydrogens is 230 g/mol. The van der Waals surface area contributed by atoms with Crippen LogP contribution in [0.2, 0.25) is 0 Å². The molecule has 6 heteroatoms. The molecule has 0 atom stereocenters. The number of hydrogen-bond donors (Lipinski definition) is 0. The number of ether oxygens (including phenoxy) is 1. The van der Waals surface area contributed by atoms with Gasteiger partial charge in [0.25, 0.3) is 5.91 Å². The van der Waals surface area contributed by atoms with Crippen LogP contribution < -0.4 is 0 Å². The second-order valence-electron chi connectivity index (χ2n) is 3.37. The van der Waals surface area contributed by atoms with Crippen molar-refractivity contribution in [2.45, 2.75) is 13.0 Å². The Morgan fingerprint density at radius 1 is 1.53 bits per heavy atom. The molecule has 0 aromatic carbocycles. The fourth-order valence-electron chi connectivity index (χ4n) is 1.29. The van der Waals surface area contributed by atoms with Gasteiger partial charge in [-0.3, -0.25) is 9.78 Å². The van der Waals surface area contributed by atoms with Crippen LogP contribution in [0.1, 0.15) is 5.69 Å². The molecule has 0 saturated heterocycles. The molecule has 4 nitrogen and oxygen atoms in total. The lowest BCUT2D eigenvalue weighted by atomic mass is 10.3. The lowest BCUT2D eigenvalue weighted by Gasteiger charge is -2.21. The van der Waals surface area contributed by atoms with Crippen LogP contribution in [-0.2, 0) is 16.1 Å². The zero-order valence-corrected chi connectivity index (χ0v) is 9.47. The highest BCUT2D eigenvalue weighted by atomic mass is 19.3. The molecule has 0 N–H and O–H groups in total. The van der Waals surface area contributed by atoms with Gasteiger partial charge >= 0.3 is 6.43 Å². The van der Waals surface area contributed by atoms with E-state index < -0.39 is 12.3 Å². The summed E-state index contributed by atoms with van der Waals surface area (Å²) in [6.07, 6.45) is -1.45. The minimum Gasteiger partial charge on any atom is -0.383 e. The Labute approximate surface area is 98.2 Å². The topological polar surface area (TPSA) is 42.4 Å². The molecule has 0 radical (unpaired) electrons. The number of rotatable bonds is 6. The Kier molecular flexibility index (Phi) is 5.48. The zero-order chi connectivity index (χ0) is 12.7. The van der Waals surface area contributed by atoms with E-state index in [9.17, 15) is 13.6 Å². The Bertz CT molecular complexity index is 347. The first-order valence-electron chi connectivity index (χ1n) is 5.11. The third kappa shape index (κ3) is 4.44. The third-order valence-electron chi connectivity index (χ3n) is 2.14. The second-order valence-corrected chi connectivity index (χ2v) is 3.37. The van der Waals surface area contributed by atoms with Crippen LogP contribution in [0.15, 0.2) is 24.4 Å². The molecule has 0 aliphatic rings. The number of aromatic nitrogens is 1. The van der Waals surface area contributed by atoms with E-state index in [0.717, 1.165) is 4.90 Å². The number of hydrogen-bond acceptors (Lipinski definition) is 3. The van der Waals surface area contributed by atoms with Crippen LogP contribution in [0.4, 0.5) is 8.78 Å². The van der Waals surface area contributed by atoms with Gasteiger partial charge in [-0.1, -0.05) is 6.07 Å². The van der Waals surface area contributed by atoms with E-state index in [2.05, 4.69) is 4.98 Å². The van der Waals surface area contributed by atoms with Crippen molar-refractivity contribution < 1.29 is 18.3 Å². The second kappa shape index (κ2) is 6.90. The normalized spacial score (nSPS) is 10.6. The van der Waals surface area contributed by atoms with Gasteiger partial charge in [0.1, 0.15) is 0 Å². The van der Waals surface area contributed by atoms with Gasteiger partial charge < -0.3 is 9.64 Å². The van der Waals surface area contributed by atoms with E-state index in [1.807, 2.05) is 0 Å². The van der Waals surface area contributed by atoms with Gasteiger partial charge in [-0.15, -0.1) is 0 Å². The molecule has 0 aliphatic heterocycles. The standard InChI is InChI=1S/C11H14F2N2O2/c1-17-7-6-15(11(16)10(12)13)8-9-4-2-3-5-14-9/h2-5,10H,6-8H2,1H3. The number of pyridine rings is 1. The summed E-state index contributed by atoms with van der Waals surface area (Å²) in [5.74, 6) is -1.20. The summed E-state index contributed by atoms with van der Waals surface area (Å²) in [7, 11) is 1.45. The van der Waals surface area contributed by atoms with Gasteiger partial charge in [0, 0.05) is 19.9 Å². The minimum absolute atomic E-state index is 0.0629. The minimum atomic E-state index is -3.00. The zero-order valence-electron chi connectivity index (χ0n) is 9.47. The molecule has 0 bridgehead atoms. The molecule has 0 saturated carbocycles. The predicted molar refractivity (Wildman–Crippen MR) is 57.5 cm³/mol. The van der Waals surface area contributed by atoms with Crippen LogP contribution >= 0.6 is 0 Å². The molecule has 94 valence electrons. The van der Waals surface area contributed by atoms with Gasteiger partial charge in [-0.2, -0.15) is 8.78 Å². The number of carbonyl (C=O) groups is 1. The van der Waals surface area contributed by atoms with Gasteiger partial charge in [0.05, 0.1) is 18.8 Å². The smallest absolute Gasteiger partial charge is 0.315 e. The van der Waals surface area contributed by atoms with E-state index in [4.69, 9.17) is 4.74 Å². The van der Waals surface area contributed by atoms with Crippen molar-refractivity contribution in [3.05, 3.63) is 30.1 Å². The van der Waals surface area contributed by atoms with E-state index in [0.29, 0.717) is 5.69 Å². The Morgan fingerprint density at radius 3 is 2.82 bits per heavy atom. The van der Waals surface area contributed by atoms with E-state index in [-0.39, 0.29) is 19.7 Å². The van der Waals surface area contributed by atoms with Crippen LogP contribution in [-0.4, -0.2) is 42.5 Å². The first-order chi connectivity index (χ1) is 8.15. The Balaban J connectivity index is 2.66. The highest BCUT2D eigenvalue weighted by molar-refractivity contribution is 5.79. The number of methoxy groups -OCH3 is 1. The number of carbonyl (C=O) groups excluding carboxylic acids is 1. The van der Waals surface area contributed by atoms with E-state index >= 15 is 0 Å². The molecule has 1 amide bonds. The van der Waals surface area contributed by atoms with Crippen molar-refractivity contribution in [2.75, 3.05) is 20.3 Å². The SMILES string of the molecule is COCCN(Cc1ccccn1)C(=O)C(F)F. The first-order valence-corrected chi connectivity index (χ1v) is 5.11. The lowest BCUT2D eigenvalue weighted by molar-refractivity contribution is -0.144. The van der Waals surface area contributed by atoms with E-state index in [1.54, 1.807) is 24.4 Å². The summed E-state index contributed by atoms with van der Waals surface area (Å²) in [5, 5.41) is 0. The molecule has 1 aromatic rings. The number of alkyl halides is 2. The third-order valence-corrected chi connectivity index (χ3v) is 2.14. The van der Waals surface area contributed by atoms with Crippen LogP contribution in [0.25, 0.3) is 0 Å². The summed E-state index contributed by atoms with van der Waals surface area (Å²) >= 11 is 0. The predicted octanol–water partition coefficient (Wildman–Crippen LogP) is 1.32. The Morgan fingerprint density at radius 2 is 2.29 bits per heavy atom. The largest absolute Gasteiger partial charge is 0.383 e. The molecule has 1 heterocycles. The van der Waals surface area contributed by atoms with Crippen molar-refractivity contribution in [1.82, 2.24) is 9.88 Å². The summed E-state index contributed by atoms with van der Waals surface area (Å²) < 4.78 is 29.5. The maximum absolute atomic E-state index is 12.4. The van der Waals surface area contributed by atoms with Gasteiger partial charge in [-0.25, -0.2) is 0 Å². The molecular formula is C11H14F2N2O2. The number of nitrogens with zero attached hydrogens (tertiary/aromatic N) is 2. The van der Waals surface area contributed by atoms with Gasteiger partial charge in [0.15, 0.2) is 0 Å². The van der Waals surface area contributed by atoms with Crippen LogP contribution in [0.3, 0.4) is 0 Å². The molecule has 1 aromatic heterocycles. The summed E-state index contributed by atoms with van der Waals surface area (Å²) in [6.45, 7) is 0.398. The summed E-state index contributed by atoms with van der Waals surface area (Å²) in [6, 6.07) is 5.14. The quantitative estimate of drug-likeness (QED) is 0.758. The van der Waals surface area contributed by atoms with Crippen molar-refractivity contribution >= 4 is 5.91 Å². The molecule has 0 fully saturated rings. The molecule has 17 heavy (non-hydrogen) atoms. The highest BCUT2D eigenvalue weighted by Crippen LogP contribution is 2.06. The fraction of sp³-hybridized carbons (Fsp3) is 0.455. The maximum Gasteiger partial charge on any atom is 0.315 e. The summed E-state index contributed by atoms with van der Waals surface area (Å²) in [4.78, 5) is 16.3. The van der Waals surface area contributed by atoms with E-state index in [1.165, 1.54) is 7.11 Å². The molecule has 0 aliphatic carbocycles. The van der Waals surface area contributed by atoms with Crippen molar-refractivity contribution in [3.8, 4) is 0 Å². The Hall–Kier alpha value is -1.56. The first kappa shape index (κ1) is 13.5. The van der Waals surface area contributed by atoms with Crippen LogP contribution in [0, 0.1) is 0 Å². The molecule has 0 spiro atoms. The molecule has 1 rings (SSSR count).